The number of furan rings is 1. The smallest absolute Gasteiger partial charge is 0.136 e. The lowest BCUT2D eigenvalue weighted by Gasteiger charge is -2.28. The first-order valence-electron chi connectivity index (χ1n) is 17.8. The molecule has 10 rings (SSSR count). The zero-order chi connectivity index (χ0) is 34.4. The Morgan fingerprint density at radius 2 is 0.885 bits per heavy atom. The van der Waals surface area contributed by atoms with Gasteiger partial charge in [0, 0.05) is 27.7 Å². The van der Waals surface area contributed by atoms with E-state index in [1.807, 2.05) is 0 Å². The lowest BCUT2D eigenvalue weighted by atomic mass is 9.95. The average molecular weight is 664 g/mol. The Balaban J connectivity index is 1.16. The van der Waals surface area contributed by atoms with Gasteiger partial charge in [-0.15, -0.1) is 0 Å². The highest BCUT2D eigenvalue weighted by molar-refractivity contribution is 6.16. The van der Waals surface area contributed by atoms with Gasteiger partial charge in [-0.3, -0.25) is 0 Å². The van der Waals surface area contributed by atoms with E-state index in [0.717, 1.165) is 50.1 Å². The van der Waals surface area contributed by atoms with Crippen molar-refractivity contribution < 1.29 is 4.42 Å². The summed E-state index contributed by atoms with van der Waals surface area (Å²) in [6, 6.07) is 71.7. The van der Waals surface area contributed by atoms with Crippen LogP contribution in [0.25, 0.3) is 76.9 Å². The van der Waals surface area contributed by atoms with Gasteiger partial charge in [0.2, 0.25) is 0 Å². The molecule has 0 radical (unpaired) electrons. The van der Waals surface area contributed by atoms with Crippen molar-refractivity contribution in [1.82, 2.24) is 0 Å². The molecule has 1 aromatic heterocycles. The summed E-state index contributed by atoms with van der Waals surface area (Å²) in [5, 5.41) is 7.12. The van der Waals surface area contributed by atoms with Crippen LogP contribution >= 0.6 is 0 Å². The number of benzene rings is 9. The molecule has 1 heterocycles. The van der Waals surface area contributed by atoms with E-state index in [1.165, 1.54) is 43.8 Å². The molecule has 2 nitrogen and oxygen atoms in total. The van der Waals surface area contributed by atoms with Crippen LogP contribution in [0.5, 0.6) is 0 Å². The van der Waals surface area contributed by atoms with Gasteiger partial charge in [0.15, 0.2) is 0 Å². The highest BCUT2D eigenvalue weighted by atomic mass is 16.3. The molecule has 0 fully saturated rings. The SMILES string of the molecule is c1ccc(-c2ccc(N(c3ccc(-c4cccc5ccccc45)cc3)c3ccccc3-c3cccc4oc5cc6ccccc6cc5c34)cc2)cc1. The molecule has 244 valence electrons. The summed E-state index contributed by atoms with van der Waals surface area (Å²) in [6.07, 6.45) is 0. The van der Waals surface area contributed by atoms with Crippen molar-refractivity contribution in [1.29, 1.82) is 0 Å². The van der Waals surface area contributed by atoms with Gasteiger partial charge in [-0.05, 0) is 97.9 Å². The molecule has 0 N–H and O–H groups in total. The monoisotopic (exact) mass is 663 g/mol. The van der Waals surface area contributed by atoms with E-state index in [4.69, 9.17) is 4.42 Å². The molecular weight excluding hydrogens is 631 g/mol. The largest absolute Gasteiger partial charge is 0.456 e. The molecular formula is C50H33NO. The first kappa shape index (κ1) is 30.0. The lowest BCUT2D eigenvalue weighted by molar-refractivity contribution is 0.669. The Bertz CT molecular complexity index is 2880. The van der Waals surface area contributed by atoms with E-state index in [0.29, 0.717) is 0 Å². The second-order valence-electron chi connectivity index (χ2n) is 13.3. The van der Waals surface area contributed by atoms with Crippen LogP contribution in [-0.2, 0) is 0 Å². The summed E-state index contributed by atoms with van der Waals surface area (Å²) >= 11 is 0. The van der Waals surface area contributed by atoms with Gasteiger partial charge in [-0.1, -0.05) is 152 Å². The first-order chi connectivity index (χ1) is 25.8. The third kappa shape index (κ3) is 5.12. The van der Waals surface area contributed by atoms with Crippen LogP contribution in [-0.4, -0.2) is 0 Å². The summed E-state index contributed by atoms with van der Waals surface area (Å²) in [7, 11) is 0. The molecule has 0 spiro atoms. The molecule has 0 aliphatic heterocycles. The molecule has 0 bridgehead atoms. The molecule has 9 aromatic carbocycles. The van der Waals surface area contributed by atoms with Gasteiger partial charge in [-0.25, -0.2) is 0 Å². The lowest BCUT2D eigenvalue weighted by Crippen LogP contribution is -2.11. The molecule has 0 aliphatic rings. The molecule has 0 atom stereocenters. The third-order valence-electron chi connectivity index (χ3n) is 10.3. The zero-order valence-corrected chi connectivity index (χ0v) is 28.4. The minimum absolute atomic E-state index is 0.885. The maximum Gasteiger partial charge on any atom is 0.136 e. The summed E-state index contributed by atoms with van der Waals surface area (Å²) < 4.78 is 6.52. The summed E-state index contributed by atoms with van der Waals surface area (Å²) in [4.78, 5) is 2.38. The minimum atomic E-state index is 0.885. The third-order valence-corrected chi connectivity index (χ3v) is 10.3. The normalized spacial score (nSPS) is 11.5. The number of nitrogens with zero attached hydrogens (tertiary/aromatic N) is 1. The van der Waals surface area contributed by atoms with Gasteiger partial charge in [0.05, 0.1) is 5.69 Å². The molecule has 52 heavy (non-hydrogen) atoms. The van der Waals surface area contributed by atoms with Crippen molar-refractivity contribution >= 4 is 60.5 Å². The van der Waals surface area contributed by atoms with E-state index in [2.05, 4.69) is 205 Å². The van der Waals surface area contributed by atoms with Crippen LogP contribution in [0.1, 0.15) is 0 Å². The van der Waals surface area contributed by atoms with Crippen molar-refractivity contribution in [2.24, 2.45) is 0 Å². The minimum Gasteiger partial charge on any atom is -0.456 e. The second kappa shape index (κ2) is 12.5. The van der Waals surface area contributed by atoms with E-state index in [1.54, 1.807) is 0 Å². The first-order valence-corrected chi connectivity index (χ1v) is 17.8. The van der Waals surface area contributed by atoms with Crippen LogP contribution < -0.4 is 4.90 Å². The number of rotatable bonds is 6. The number of hydrogen-bond donors (Lipinski definition) is 0. The number of para-hydroxylation sites is 1. The molecule has 0 aliphatic carbocycles. The molecule has 0 saturated heterocycles. The quantitative estimate of drug-likeness (QED) is 0.176. The molecule has 0 saturated carbocycles. The summed E-state index contributed by atoms with van der Waals surface area (Å²) in [5.41, 5.74) is 12.1. The second-order valence-corrected chi connectivity index (χ2v) is 13.3. The van der Waals surface area contributed by atoms with Crippen molar-refractivity contribution in [2.45, 2.75) is 0 Å². The molecule has 0 amide bonds. The maximum absolute atomic E-state index is 6.52. The molecule has 2 heteroatoms. The Morgan fingerprint density at radius 3 is 1.67 bits per heavy atom. The van der Waals surface area contributed by atoms with E-state index in [-0.39, 0.29) is 0 Å². The highest BCUT2D eigenvalue weighted by Crippen LogP contribution is 2.45. The fourth-order valence-corrected chi connectivity index (χ4v) is 7.76. The fraction of sp³-hybridized carbons (Fsp3) is 0. The Kier molecular flexibility index (Phi) is 7.18. The van der Waals surface area contributed by atoms with Crippen LogP contribution in [0.15, 0.2) is 205 Å². The standard InChI is InChI=1S/C50H33NO/c1-2-12-34(13-3-1)35-24-28-40(29-25-35)51(41-30-26-37(27-31-41)43-20-10-17-36-14-6-7-18-42(36)43)47-22-9-8-19-44(47)45-21-11-23-48-50(45)46-32-38-15-4-5-16-39(38)33-49(46)52-48/h1-33H. The number of hydrogen-bond acceptors (Lipinski definition) is 2. The Hall–Kier alpha value is -6.90. The Morgan fingerprint density at radius 1 is 0.327 bits per heavy atom. The molecule has 10 aromatic rings. The maximum atomic E-state index is 6.52. The van der Waals surface area contributed by atoms with Gasteiger partial charge in [0.1, 0.15) is 11.2 Å². The predicted octanol–water partition coefficient (Wildman–Crippen LogP) is 14.4. The van der Waals surface area contributed by atoms with Crippen LogP contribution in [0, 0.1) is 0 Å². The van der Waals surface area contributed by atoms with E-state index in [9.17, 15) is 0 Å². The van der Waals surface area contributed by atoms with E-state index >= 15 is 0 Å². The zero-order valence-electron chi connectivity index (χ0n) is 28.4. The number of fused-ring (bicyclic) bond motifs is 5. The van der Waals surface area contributed by atoms with Crippen LogP contribution in [0.3, 0.4) is 0 Å². The number of anilines is 3. The average Bonchev–Trinajstić information content (AvgIpc) is 3.58. The van der Waals surface area contributed by atoms with Crippen LogP contribution in [0.2, 0.25) is 0 Å². The van der Waals surface area contributed by atoms with Gasteiger partial charge in [0.25, 0.3) is 0 Å². The summed E-state index contributed by atoms with van der Waals surface area (Å²) in [5.74, 6) is 0. The van der Waals surface area contributed by atoms with Crippen molar-refractivity contribution in [2.75, 3.05) is 4.90 Å². The topological polar surface area (TPSA) is 16.4 Å². The van der Waals surface area contributed by atoms with E-state index < -0.39 is 0 Å². The van der Waals surface area contributed by atoms with Gasteiger partial charge < -0.3 is 9.32 Å². The molecule has 0 unspecified atom stereocenters. The van der Waals surface area contributed by atoms with Crippen LogP contribution in [0.4, 0.5) is 17.1 Å². The summed E-state index contributed by atoms with van der Waals surface area (Å²) in [6.45, 7) is 0. The predicted molar refractivity (Wildman–Crippen MR) is 220 cm³/mol. The van der Waals surface area contributed by atoms with Crippen molar-refractivity contribution in [3.63, 3.8) is 0 Å². The van der Waals surface area contributed by atoms with Gasteiger partial charge >= 0.3 is 0 Å². The Labute approximate surface area is 302 Å². The van der Waals surface area contributed by atoms with Gasteiger partial charge in [-0.2, -0.15) is 0 Å². The van der Waals surface area contributed by atoms with Crippen molar-refractivity contribution in [3.8, 4) is 33.4 Å². The fourth-order valence-electron chi connectivity index (χ4n) is 7.76. The van der Waals surface area contributed by atoms with Crippen molar-refractivity contribution in [3.05, 3.63) is 200 Å². The highest BCUT2D eigenvalue weighted by Gasteiger charge is 2.21.